The number of nitrogens with zero attached hydrogens (tertiary/aromatic N) is 6. The number of para-hydroxylation sites is 1. The maximum absolute atomic E-state index is 12.3. The largest absolute Gasteiger partial charge is 0.341 e. The topological polar surface area (TPSA) is 68.8 Å². The van der Waals surface area contributed by atoms with E-state index in [0.717, 1.165) is 16.4 Å². The van der Waals surface area contributed by atoms with Crippen molar-refractivity contribution in [3.63, 3.8) is 0 Å². The lowest BCUT2D eigenvalue weighted by Gasteiger charge is -2.15. The molecule has 0 saturated heterocycles. The Bertz CT molecular complexity index is 813. The Balaban J connectivity index is 1.56. The smallest absolute Gasteiger partial charge is 0.233 e. The van der Waals surface area contributed by atoms with Gasteiger partial charge in [0.2, 0.25) is 5.91 Å². The number of rotatable bonds is 6. The summed E-state index contributed by atoms with van der Waals surface area (Å²) in [5.41, 5.74) is 1.98. The number of thioether (sulfide) groups is 1. The Hall–Kier alpha value is -2.61. The van der Waals surface area contributed by atoms with E-state index >= 15 is 0 Å². The number of aromatic nitrogens is 5. The highest BCUT2D eigenvalue weighted by Crippen LogP contribution is 2.15. The molecule has 7 nitrogen and oxygen atoms in total. The standard InChI is InChI=1S/C16H18N6OS/c1-20(15(23)11-24-16-19-17-12-21(16)2)9-13-8-18-22(10-13)14-6-4-3-5-7-14/h3-8,10,12H,9,11H2,1-2H3. The molecule has 1 aromatic carbocycles. The first kappa shape index (κ1) is 16.3. The molecule has 0 N–H and O–H groups in total. The minimum atomic E-state index is 0.0375. The van der Waals surface area contributed by atoms with Crippen LogP contribution in [0.4, 0.5) is 0 Å². The number of aryl methyl sites for hydroxylation is 1. The Labute approximate surface area is 144 Å². The molecule has 2 heterocycles. The summed E-state index contributed by atoms with van der Waals surface area (Å²) in [6, 6.07) is 9.88. The SMILES string of the molecule is CN(Cc1cnn(-c2ccccc2)c1)C(=O)CSc1nncn1C. The second kappa shape index (κ2) is 7.31. The van der Waals surface area contributed by atoms with Gasteiger partial charge in [-0.25, -0.2) is 4.68 Å². The molecule has 0 saturated carbocycles. The third kappa shape index (κ3) is 3.83. The van der Waals surface area contributed by atoms with E-state index in [0.29, 0.717) is 12.3 Å². The highest BCUT2D eigenvalue weighted by atomic mass is 32.2. The van der Waals surface area contributed by atoms with Gasteiger partial charge in [-0.15, -0.1) is 10.2 Å². The predicted octanol–water partition coefficient (Wildman–Crippen LogP) is 1.75. The first-order valence-electron chi connectivity index (χ1n) is 7.43. The first-order chi connectivity index (χ1) is 11.6. The molecule has 3 rings (SSSR count). The zero-order chi connectivity index (χ0) is 16.9. The Morgan fingerprint density at radius 1 is 1.29 bits per heavy atom. The van der Waals surface area contributed by atoms with Crippen LogP contribution in [0, 0.1) is 0 Å². The molecule has 0 unspecified atom stereocenters. The number of carbonyl (C=O) groups is 1. The molecule has 1 amide bonds. The number of carbonyl (C=O) groups excluding carboxylic acids is 1. The van der Waals surface area contributed by atoms with E-state index in [4.69, 9.17) is 0 Å². The monoisotopic (exact) mass is 342 g/mol. The molecule has 8 heteroatoms. The Morgan fingerprint density at radius 2 is 2.08 bits per heavy atom. The zero-order valence-electron chi connectivity index (χ0n) is 13.5. The molecule has 0 atom stereocenters. The van der Waals surface area contributed by atoms with Crippen LogP contribution in [-0.4, -0.2) is 48.2 Å². The van der Waals surface area contributed by atoms with Crippen LogP contribution in [0.15, 0.2) is 54.2 Å². The fourth-order valence-electron chi connectivity index (χ4n) is 2.17. The van der Waals surface area contributed by atoms with Crippen LogP contribution in [0.25, 0.3) is 5.69 Å². The molecule has 0 bridgehead atoms. The Morgan fingerprint density at radius 3 is 2.79 bits per heavy atom. The van der Waals surface area contributed by atoms with Gasteiger partial charge in [0.05, 0.1) is 17.6 Å². The zero-order valence-corrected chi connectivity index (χ0v) is 14.3. The van der Waals surface area contributed by atoms with Crippen molar-refractivity contribution in [2.75, 3.05) is 12.8 Å². The van der Waals surface area contributed by atoms with Crippen molar-refractivity contribution in [1.29, 1.82) is 0 Å². The van der Waals surface area contributed by atoms with Crippen molar-refractivity contribution in [1.82, 2.24) is 29.4 Å². The number of amides is 1. The molecule has 3 aromatic rings. The van der Waals surface area contributed by atoms with Crippen LogP contribution in [-0.2, 0) is 18.4 Å². The van der Waals surface area contributed by atoms with Crippen molar-refractivity contribution in [3.05, 3.63) is 54.6 Å². The number of hydrogen-bond donors (Lipinski definition) is 0. The van der Waals surface area contributed by atoms with Gasteiger partial charge in [-0.1, -0.05) is 30.0 Å². The third-order valence-electron chi connectivity index (χ3n) is 3.50. The van der Waals surface area contributed by atoms with E-state index in [2.05, 4.69) is 15.3 Å². The summed E-state index contributed by atoms with van der Waals surface area (Å²) in [4.78, 5) is 13.9. The van der Waals surface area contributed by atoms with E-state index in [1.807, 2.05) is 48.3 Å². The van der Waals surface area contributed by atoms with Gasteiger partial charge in [0.1, 0.15) is 6.33 Å². The van der Waals surface area contributed by atoms with Crippen molar-refractivity contribution in [2.24, 2.45) is 7.05 Å². The van der Waals surface area contributed by atoms with Gasteiger partial charge in [-0.05, 0) is 12.1 Å². The molecular weight excluding hydrogens is 324 g/mol. The first-order valence-corrected chi connectivity index (χ1v) is 8.42. The predicted molar refractivity (Wildman–Crippen MR) is 91.8 cm³/mol. The highest BCUT2D eigenvalue weighted by Gasteiger charge is 2.13. The number of hydrogen-bond acceptors (Lipinski definition) is 5. The summed E-state index contributed by atoms with van der Waals surface area (Å²) in [5.74, 6) is 0.367. The van der Waals surface area contributed by atoms with Crippen LogP contribution >= 0.6 is 11.8 Å². The van der Waals surface area contributed by atoms with Crippen molar-refractivity contribution in [3.8, 4) is 5.69 Å². The molecule has 0 fully saturated rings. The quantitative estimate of drug-likeness (QED) is 0.639. The molecular formula is C16H18N6OS. The molecule has 24 heavy (non-hydrogen) atoms. The van der Waals surface area contributed by atoms with Crippen LogP contribution in [0.1, 0.15) is 5.56 Å². The second-order valence-corrected chi connectivity index (χ2v) is 6.33. The molecule has 124 valence electrons. The average Bonchev–Trinajstić information content (AvgIpc) is 3.22. The average molecular weight is 342 g/mol. The lowest BCUT2D eigenvalue weighted by atomic mass is 10.3. The fourth-order valence-corrected chi connectivity index (χ4v) is 2.99. The second-order valence-electron chi connectivity index (χ2n) is 5.39. The lowest BCUT2D eigenvalue weighted by Crippen LogP contribution is -2.27. The minimum Gasteiger partial charge on any atom is -0.341 e. The molecule has 2 aromatic heterocycles. The molecule has 0 radical (unpaired) electrons. The maximum Gasteiger partial charge on any atom is 0.233 e. The van der Waals surface area contributed by atoms with Gasteiger partial charge in [-0.2, -0.15) is 5.10 Å². The summed E-state index contributed by atoms with van der Waals surface area (Å²) >= 11 is 1.38. The van der Waals surface area contributed by atoms with E-state index in [1.54, 1.807) is 29.0 Å². The molecule has 0 aliphatic rings. The molecule has 0 aliphatic heterocycles. The van der Waals surface area contributed by atoms with Crippen molar-refractivity contribution in [2.45, 2.75) is 11.7 Å². The van der Waals surface area contributed by atoms with Crippen LogP contribution in [0.2, 0.25) is 0 Å². The normalized spacial score (nSPS) is 10.8. The maximum atomic E-state index is 12.3. The van der Waals surface area contributed by atoms with Crippen LogP contribution < -0.4 is 0 Å². The molecule has 0 spiro atoms. The van der Waals surface area contributed by atoms with Crippen molar-refractivity contribution < 1.29 is 4.79 Å². The van der Waals surface area contributed by atoms with Crippen LogP contribution in [0.3, 0.4) is 0 Å². The van der Waals surface area contributed by atoms with Gasteiger partial charge < -0.3 is 9.47 Å². The van der Waals surface area contributed by atoms with Gasteiger partial charge in [0, 0.05) is 32.4 Å². The fraction of sp³-hybridized carbons (Fsp3) is 0.250. The van der Waals surface area contributed by atoms with E-state index < -0.39 is 0 Å². The third-order valence-corrected chi connectivity index (χ3v) is 4.52. The van der Waals surface area contributed by atoms with Gasteiger partial charge >= 0.3 is 0 Å². The summed E-state index contributed by atoms with van der Waals surface area (Å²) in [7, 11) is 3.65. The highest BCUT2D eigenvalue weighted by molar-refractivity contribution is 7.99. The van der Waals surface area contributed by atoms with E-state index in [-0.39, 0.29) is 5.91 Å². The minimum absolute atomic E-state index is 0.0375. The van der Waals surface area contributed by atoms with Gasteiger partial charge in [0.15, 0.2) is 5.16 Å². The lowest BCUT2D eigenvalue weighted by molar-refractivity contribution is -0.127. The Kier molecular flexibility index (Phi) is 4.95. The van der Waals surface area contributed by atoms with Gasteiger partial charge in [0.25, 0.3) is 0 Å². The van der Waals surface area contributed by atoms with Crippen molar-refractivity contribution >= 4 is 17.7 Å². The number of benzene rings is 1. The summed E-state index contributed by atoms with van der Waals surface area (Å²) < 4.78 is 3.60. The van der Waals surface area contributed by atoms with E-state index in [9.17, 15) is 4.79 Å². The van der Waals surface area contributed by atoms with Crippen LogP contribution in [0.5, 0.6) is 0 Å². The van der Waals surface area contributed by atoms with E-state index in [1.165, 1.54) is 11.8 Å². The summed E-state index contributed by atoms with van der Waals surface area (Å²) in [6.07, 6.45) is 5.34. The summed E-state index contributed by atoms with van der Waals surface area (Å²) in [6.45, 7) is 0.519. The summed E-state index contributed by atoms with van der Waals surface area (Å²) in [5, 5.41) is 12.8. The van der Waals surface area contributed by atoms with Gasteiger partial charge in [-0.3, -0.25) is 4.79 Å². The molecule has 0 aliphatic carbocycles.